The van der Waals surface area contributed by atoms with Crippen LogP contribution in [0.5, 0.6) is 0 Å². The molecule has 12 heavy (non-hydrogen) atoms. The van der Waals surface area contributed by atoms with Gasteiger partial charge < -0.3 is 4.98 Å². The minimum absolute atomic E-state index is 0.0982. The van der Waals surface area contributed by atoms with Gasteiger partial charge in [-0.25, -0.2) is 4.98 Å². The van der Waals surface area contributed by atoms with E-state index in [2.05, 4.69) is 21.2 Å². The molecule has 0 fully saturated rings. The summed E-state index contributed by atoms with van der Waals surface area (Å²) in [6.45, 7) is 4.66. The molecule has 1 atom stereocenters. The molecule has 1 heterocycles. The molecular weight excluding hydrogens is 150 g/mol. The number of nitrogens with zero attached hydrogens (tertiary/aromatic N) is 1. The zero-order valence-corrected chi connectivity index (χ0v) is 7.39. The van der Waals surface area contributed by atoms with Gasteiger partial charge in [0.25, 0.3) is 0 Å². The molecule has 0 saturated heterocycles. The molecule has 0 spiro atoms. The summed E-state index contributed by atoms with van der Waals surface area (Å²) in [7, 11) is 0. The molecule has 1 rings (SSSR count). The lowest BCUT2D eigenvalue weighted by molar-refractivity contribution is 0.637. The molecule has 1 unspecified atom stereocenters. The van der Waals surface area contributed by atoms with Gasteiger partial charge in [0, 0.05) is 12.2 Å². The van der Waals surface area contributed by atoms with E-state index in [0.717, 1.165) is 17.9 Å². The number of hydrogen-bond acceptors (Lipinski definition) is 2. The average molecular weight is 163 g/mol. The molecule has 0 aliphatic heterocycles. The highest BCUT2D eigenvalue weighted by molar-refractivity contribution is 5.09. The van der Waals surface area contributed by atoms with Crippen molar-refractivity contribution in [2.75, 3.05) is 0 Å². The van der Waals surface area contributed by atoms with Crippen LogP contribution in [0, 0.1) is 19.3 Å². The molecule has 0 bridgehead atoms. The fourth-order valence-corrected chi connectivity index (χ4v) is 0.874. The standard InChI is InChI=1S/C9H13N3/c1-4-7(2)10-5-9-8(3)11-6-12-9/h1,6-7,10H,5H2,2-3H3,(H,11,12). The van der Waals surface area contributed by atoms with Crippen molar-refractivity contribution in [2.24, 2.45) is 0 Å². The fraction of sp³-hybridized carbons (Fsp3) is 0.444. The topological polar surface area (TPSA) is 40.7 Å². The summed E-state index contributed by atoms with van der Waals surface area (Å²) >= 11 is 0. The van der Waals surface area contributed by atoms with Crippen molar-refractivity contribution < 1.29 is 0 Å². The van der Waals surface area contributed by atoms with Crippen molar-refractivity contribution in [3.05, 3.63) is 17.7 Å². The lowest BCUT2D eigenvalue weighted by atomic mass is 10.3. The number of nitrogens with one attached hydrogen (secondary N) is 2. The van der Waals surface area contributed by atoms with Gasteiger partial charge in [-0.15, -0.1) is 6.42 Å². The number of aryl methyl sites for hydroxylation is 1. The van der Waals surface area contributed by atoms with Crippen LogP contribution >= 0.6 is 0 Å². The SMILES string of the molecule is C#CC(C)NCc1nc[nH]c1C. The van der Waals surface area contributed by atoms with Gasteiger partial charge in [0.05, 0.1) is 18.1 Å². The summed E-state index contributed by atoms with van der Waals surface area (Å²) < 4.78 is 0. The first-order chi connectivity index (χ1) is 5.74. The number of rotatable bonds is 3. The highest BCUT2D eigenvalue weighted by Gasteiger charge is 2.01. The normalized spacial score (nSPS) is 12.4. The van der Waals surface area contributed by atoms with Gasteiger partial charge in [0.2, 0.25) is 0 Å². The molecule has 2 N–H and O–H groups in total. The number of aromatic amines is 1. The van der Waals surface area contributed by atoms with Gasteiger partial charge in [-0.2, -0.15) is 0 Å². The minimum atomic E-state index is 0.0982. The van der Waals surface area contributed by atoms with E-state index < -0.39 is 0 Å². The lowest BCUT2D eigenvalue weighted by Crippen LogP contribution is -2.24. The van der Waals surface area contributed by atoms with E-state index in [1.165, 1.54) is 0 Å². The van der Waals surface area contributed by atoms with Crippen LogP contribution in [-0.4, -0.2) is 16.0 Å². The summed E-state index contributed by atoms with van der Waals surface area (Å²) in [5, 5.41) is 3.16. The predicted molar refractivity (Wildman–Crippen MR) is 48.5 cm³/mol. The second-order valence-corrected chi connectivity index (χ2v) is 2.74. The first-order valence-corrected chi connectivity index (χ1v) is 3.92. The maximum Gasteiger partial charge on any atom is 0.0925 e. The average Bonchev–Trinajstić information content (AvgIpc) is 2.47. The Hall–Kier alpha value is -1.27. The summed E-state index contributed by atoms with van der Waals surface area (Å²) in [6.07, 6.45) is 6.90. The third-order valence-electron chi connectivity index (χ3n) is 1.76. The summed E-state index contributed by atoms with van der Waals surface area (Å²) in [5.41, 5.74) is 2.11. The zero-order chi connectivity index (χ0) is 8.97. The molecule has 1 aromatic heterocycles. The van der Waals surface area contributed by atoms with E-state index in [1.807, 2.05) is 13.8 Å². The van der Waals surface area contributed by atoms with Crippen LogP contribution < -0.4 is 5.32 Å². The Morgan fingerprint density at radius 2 is 2.58 bits per heavy atom. The van der Waals surface area contributed by atoms with Crippen molar-refractivity contribution in [3.63, 3.8) is 0 Å². The van der Waals surface area contributed by atoms with Gasteiger partial charge in [0.15, 0.2) is 0 Å². The van der Waals surface area contributed by atoms with Crippen LogP contribution in [-0.2, 0) is 6.54 Å². The molecule has 0 radical (unpaired) electrons. The van der Waals surface area contributed by atoms with Crippen molar-refractivity contribution in [1.82, 2.24) is 15.3 Å². The minimum Gasteiger partial charge on any atom is -0.348 e. The number of H-pyrrole nitrogens is 1. The monoisotopic (exact) mass is 163 g/mol. The second kappa shape index (κ2) is 3.93. The Labute approximate surface area is 72.6 Å². The Kier molecular flexibility index (Phi) is 2.89. The van der Waals surface area contributed by atoms with Gasteiger partial charge in [-0.05, 0) is 13.8 Å². The van der Waals surface area contributed by atoms with Crippen LogP contribution in [0.25, 0.3) is 0 Å². The molecule has 3 heteroatoms. The van der Waals surface area contributed by atoms with E-state index in [9.17, 15) is 0 Å². The first-order valence-electron chi connectivity index (χ1n) is 3.92. The fourth-order valence-electron chi connectivity index (χ4n) is 0.874. The van der Waals surface area contributed by atoms with E-state index in [0.29, 0.717) is 0 Å². The molecule has 0 aromatic carbocycles. The third-order valence-corrected chi connectivity index (χ3v) is 1.76. The Morgan fingerprint density at radius 1 is 1.83 bits per heavy atom. The van der Waals surface area contributed by atoms with E-state index in [4.69, 9.17) is 6.42 Å². The summed E-state index contributed by atoms with van der Waals surface area (Å²) in [5.74, 6) is 2.60. The van der Waals surface area contributed by atoms with Crippen molar-refractivity contribution in [1.29, 1.82) is 0 Å². The zero-order valence-electron chi connectivity index (χ0n) is 7.39. The van der Waals surface area contributed by atoms with E-state index in [-0.39, 0.29) is 6.04 Å². The quantitative estimate of drug-likeness (QED) is 0.648. The Morgan fingerprint density at radius 3 is 3.08 bits per heavy atom. The maximum atomic E-state index is 5.21. The van der Waals surface area contributed by atoms with Crippen molar-refractivity contribution in [3.8, 4) is 12.3 Å². The molecule has 0 aliphatic rings. The number of hydrogen-bond donors (Lipinski definition) is 2. The summed E-state index contributed by atoms with van der Waals surface area (Å²) in [4.78, 5) is 7.14. The molecular formula is C9H13N3. The molecule has 0 amide bonds. The summed E-state index contributed by atoms with van der Waals surface area (Å²) in [6, 6.07) is 0.0982. The van der Waals surface area contributed by atoms with Gasteiger partial charge >= 0.3 is 0 Å². The third kappa shape index (κ3) is 2.11. The molecule has 0 saturated carbocycles. The number of aromatic nitrogens is 2. The van der Waals surface area contributed by atoms with Gasteiger partial charge in [-0.3, -0.25) is 5.32 Å². The Bertz CT molecular complexity index is 282. The van der Waals surface area contributed by atoms with Crippen LogP contribution in [0.4, 0.5) is 0 Å². The molecule has 64 valence electrons. The molecule has 0 aliphatic carbocycles. The predicted octanol–water partition coefficient (Wildman–Crippen LogP) is 0.829. The van der Waals surface area contributed by atoms with Crippen LogP contribution in [0.3, 0.4) is 0 Å². The van der Waals surface area contributed by atoms with Crippen molar-refractivity contribution in [2.45, 2.75) is 26.4 Å². The van der Waals surface area contributed by atoms with Crippen molar-refractivity contribution >= 4 is 0 Å². The van der Waals surface area contributed by atoms with Gasteiger partial charge in [0.1, 0.15) is 0 Å². The number of imidazole rings is 1. The maximum absolute atomic E-state index is 5.21. The number of terminal acetylenes is 1. The molecule has 1 aromatic rings. The van der Waals surface area contributed by atoms with Crippen LogP contribution in [0.1, 0.15) is 18.3 Å². The largest absolute Gasteiger partial charge is 0.348 e. The highest BCUT2D eigenvalue weighted by atomic mass is 15.0. The van der Waals surface area contributed by atoms with E-state index >= 15 is 0 Å². The first kappa shape index (κ1) is 8.82. The molecule has 3 nitrogen and oxygen atoms in total. The highest BCUT2D eigenvalue weighted by Crippen LogP contribution is 1.99. The van der Waals surface area contributed by atoms with Gasteiger partial charge in [-0.1, -0.05) is 5.92 Å². The smallest absolute Gasteiger partial charge is 0.0925 e. The van der Waals surface area contributed by atoms with Crippen LogP contribution in [0.15, 0.2) is 6.33 Å². The Balaban J connectivity index is 2.44. The van der Waals surface area contributed by atoms with E-state index in [1.54, 1.807) is 6.33 Å². The lowest BCUT2D eigenvalue weighted by Gasteiger charge is -2.05. The second-order valence-electron chi connectivity index (χ2n) is 2.74. The van der Waals surface area contributed by atoms with Crippen LogP contribution in [0.2, 0.25) is 0 Å².